The van der Waals surface area contributed by atoms with Crippen LogP contribution in [0.25, 0.3) is 0 Å². The molecule has 5 nitrogen and oxygen atoms in total. The summed E-state index contributed by atoms with van der Waals surface area (Å²) in [4.78, 5) is 4.55. The lowest BCUT2D eigenvalue weighted by atomic mass is 9.89. The SMILES string of the molecule is COc1cccc(COC(C)c2nc(C3CCCCC3)no2)c1. The first kappa shape index (κ1) is 16.0. The Bertz CT molecular complexity index is 620. The fourth-order valence-electron chi connectivity index (χ4n) is 2.99. The average molecular weight is 316 g/mol. The second-order valence-electron chi connectivity index (χ2n) is 6.13. The summed E-state index contributed by atoms with van der Waals surface area (Å²) in [5.41, 5.74) is 1.06. The summed E-state index contributed by atoms with van der Waals surface area (Å²) in [6.07, 6.45) is 5.95. The molecular weight excluding hydrogens is 292 g/mol. The zero-order valence-corrected chi connectivity index (χ0v) is 13.8. The largest absolute Gasteiger partial charge is 0.497 e. The first-order chi connectivity index (χ1) is 11.3. The number of ether oxygens (including phenoxy) is 2. The van der Waals surface area contributed by atoms with Crippen molar-refractivity contribution in [2.24, 2.45) is 0 Å². The van der Waals surface area contributed by atoms with Gasteiger partial charge in [0.2, 0.25) is 0 Å². The lowest BCUT2D eigenvalue weighted by molar-refractivity contribution is 0.0307. The Hall–Kier alpha value is -1.88. The summed E-state index contributed by atoms with van der Waals surface area (Å²) in [6, 6.07) is 7.85. The molecule has 0 saturated heterocycles. The maximum absolute atomic E-state index is 5.86. The van der Waals surface area contributed by atoms with E-state index in [4.69, 9.17) is 14.0 Å². The van der Waals surface area contributed by atoms with Crippen molar-refractivity contribution in [3.63, 3.8) is 0 Å². The van der Waals surface area contributed by atoms with Crippen LogP contribution in [0.15, 0.2) is 28.8 Å². The molecule has 1 unspecified atom stereocenters. The van der Waals surface area contributed by atoms with Crippen molar-refractivity contribution in [2.45, 2.75) is 57.7 Å². The monoisotopic (exact) mass is 316 g/mol. The van der Waals surface area contributed by atoms with Gasteiger partial charge in [-0.15, -0.1) is 0 Å². The van der Waals surface area contributed by atoms with Crippen molar-refractivity contribution in [2.75, 3.05) is 7.11 Å². The minimum absolute atomic E-state index is 0.217. The van der Waals surface area contributed by atoms with Crippen LogP contribution < -0.4 is 4.74 Å². The Balaban J connectivity index is 1.57. The number of aromatic nitrogens is 2. The van der Waals surface area contributed by atoms with Crippen LogP contribution in [-0.4, -0.2) is 17.3 Å². The van der Waals surface area contributed by atoms with E-state index < -0.39 is 0 Å². The molecule has 1 aromatic carbocycles. The standard InChI is InChI=1S/C18H24N2O3/c1-13(22-12-14-7-6-10-16(11-14)21-2)18-19-17(20-23-18)15-8-4-3-5-9-15/h6-7,10-11,13,15H,3-5,8-9,12H2,1-2H3. The van der Waals surface area contributed by atoms with Crippen LogP contribution in [0.3, 0.4) is 0 Å². The number of hydrogen-bond donors (Lipinski definition) is 0. The van der Waals surface area contributed by atoms with Gasteiger partial charge in [0.1, 0.15) is 11.9 Å². The smallest absolute Gasteiger partial charge is 0.255 e. The predicted molar refractivity (Wildman–Crippen MR) is 86.3 cm³/mol. The van der Waals surface area contributed by atoms with Crippen molar-refractivity contribution in [3.05, 3.63) is 41.5 Å². The molecule has 1 saturated carbocycles. The Labute approximate surface area is 137 Å². The van der Waals surface area contributed by atoms with E-state index in [9.17, 15) is 0 Å². The molecule has 0 aliphatic heterocycles. The van der Waals surface area contributed by atoms with Gasteiger partial charge in [-0.3, -0.25) is 0 Å². The normalized spacial score (nSPS) is 17.1. The van der Waals surface area contributed by atoms with Crippen LogP contribution in [-0.2, 0) is 11.3 Å². The van der Waals surface area contributed by atoms with Gasteiger partial charge in [-0.05, 0) is 37.5 Å². The number of hydrogen-bond acceptors (Lipinski definition) is 5. The molecule has 124 valence electrons. The fraction of sp³-hybridized carbons (Fsp3) is 0.556. The number of methoxy groups -OCH3 is 1. The van der Waals surface area contributed by atoms with E-state index in [2.05, 4.69) is 10.1 Å². The van der Waals surface area contributed by atoms with Crippen LogP contribution in [0.5, 0.6) is 5.75 Å². The van der Waals surface area contributed by atoms with Gasteiger partial charge in [0, 0.05) is 5.92 Å². The lowest BCUT2D eigenvalue weighted by Crippen LogP contribution is -2.07. The van der Waals surface area contributed by atoms with Gasteiger partial charge >= 0.3 is 0 Å². The second kappa shape index (κ2) is 7.59. The van der Waals surface area contributed by atoms with E-state index in [0.717, 1.165) is 30.0 Å². The van der Waals surface area contributed by atoms with Gasteiger partial charge in [-0.2, -0.15) is 4.98 Å². The third kappa shape index (κ3) is 4.10. The number of benzene rings is 1. The van der Waals surface area contributed by atoms with Crippen LogP contribution in [0, 0.1) is 0 Å². The Morgan fingerprint density at radius 1 is 1.26 bits per heavy atom. The van der Waals surface area contributed by atoms with Crippen molar-refractivity contribution in [3.8, 4) is 5.75 Å². The molecule has 1 aromatic heterocycles. The summed E-state index contributed by atoms with van der Waals surface area (Å²) in [5, 5.41) is 4.16. The summed E-state index contributed by atoms with van der Waals surface area (Å²) in [7, 11) is 1.66. The Kier molecular flexibility index (Phi) is 5.28. The first-order valence-electron chi connectivity index (χ1n) is 8.34. The highest BCUT2D eigenvalue weighted by molar-refractivity contribution is 5.27. The van der Waals surface area contributed by atoms with E-state index in [-0.39, 0.29) is 6.10 Å². The molecule has 2 aromatic rings. The summed E-state index contributed by atoms with van der Waals surface area (Å²) >= 11 is 0. The Morgan fingerprint density at radius 3 is 2.87 bits per heavy atom. The van der Waals surface area contributed by atoms with E-state index in [1.165, 1.54) is 19.3 Å². The van der Waals surface area contributed by atoms with Gasteiger partial charge < -0.3 is 14.0 Å². The average Bonchev–Trinajstić information content (AvgIpc) is 3.11. The molecule has 1 atom stereocenters. The third-order valence-corrected chi connectivity index (χ3v) is 4.41. The van der Waals surface area contributed by atoms with E-state index in [0.29, 0.717) is 18.4 Å². The highest BCUT2D eigenvalue weighted by atomic mass is 16.5. The van der Waals surface area contributed by atoms with Crippen molar-refractivity contribution in [1.82, 2.24) is 10.1 Å². The summed E-state index contributed by atoms with van der Waals surface area (Å²) in [5.74, 6) is 2.69. The minimum atomic E-state index is -0.217. The molecule has 1 heterocycles. The zero-order chi connectivity index (χ0) is 16.1. The lowest BCUT2D eigenvalue weighted by Gasteiger charge is -2.17. The quantitative estimate of drug-likeness (QED) is 0.790. The molecule has 5 heteroatoms. The molecule has 3 rings (SSSR count). The zero-order valence-electron chi connectivity index (χ0n) is 13.8. The molecule has 1 aliphatic carbocycles. The maximum atomic E-state index is 5.86. The van der Waals surface area contributed by atoms with E-state index >= 15 is 0 Å². The minimum Gasteiger partial charge on any atom is -0.497 e. The van der Waals surface area contributed by atoms with Gasteiger partial charge in [0.05, 0.1) is 13.7 Å². The Morgan fingerprint density at radius 2 is 2.09 bits per heavy atom. The van der Waals surface area contributed by atoms with Crippen molar-refractivity contribution < 1.29 is 14.0 Å². The second-order valence-corrected chi connectivity index (χ2v) is 6.13. The van der Waals surface area contributed by atoms with Crippen LogP contribution in [0.2, 0.25) is 0 Å². The van der Waals surface area contributed by atoms with E-state index in [1.54, 1.807) is 7.11 Å². The maximum Gasteiger partial charge on any atom is 0.255 e. The predicted octanol–water partition coefficient (Wildman–Crippen LogP) is 4.40. The van der Waals surface area contributed by atoms with Gasteiger partial charge in [0.15, 0.2) is 5.82 Å². The van der Waals surface area contributed by atoms with Crippen LogP contribution in [0.4, 0.5) is 0 Å². The molecule has 0 spiro atoms. The van der Waals surface area contributed by atoms with Crippen LogP contribution >= 0.6 is 0 Å². The number of rotatable bonds is 6. The van der Waals surface area contributed by atoms with Gasteiger partial charge in [-0.1, -0.05) is 36.6 Å². The highest BCUT2D eigenvalue weighted by Gasteiger charge is 2.23. The molecule has 0 N–H and O–H groups in total. The topological polar surface area (TPSA) is 57.4 Å². The molecule has 0 bridgehead atoms. The molecule has 23 heavy (non-hydrogen) atoms. The van der Waals surface area contributed by atoms with E-state index in [1.807, 2.05) is 31.2 Å². The summed E-state index contributed by atoms with van der Waals surface area (Å²) < 4.78 is 16.5. The molecule has 0 amide bonds. The third-order valence-electron chi connectivity index (χ3n) is 4.41. The molecule has 1 aliphatic rings. The molecular formula is C18H24N2O3. The van der Waals surface area contributed by atoms with Gasteiger partial charge in [-0.25, -0.2) is 0 Å². The first-order valence-corrected chi connectivity index (χ1v) is 8.34. The van der Waals surface area contributed by atoms with Crippen molar-refractivity contribution in [1.29, 1.82) is 0 Å². The van der Waals surface area contributed by atoms with Crippen LogP contribution in [0.1, 0.15) is 68.3 Å². The van der Waals surface area contributed by atoms with Crippen molar-refractivity contribution >= 4 is 0 Å². The number of nitrogens with zero attached hydrogens (tertiary/aromatic N) is 2. The highest BCUT2D eigenvalue weighted by Crippen LogP contribution is 2.31. The molecule has 1 fully saturated rings. The molecule has 0 radical (unpaired) electrons. The summed E-state index contributed by atoms with van der Waals surface area (Å²) in [6.45, 7) is 2.43. The van der Waals surface area contributed by atoms with Gasteiger partial charge in [0.25, 0.3) is 5.89 Å². The fourth-order valence-corrected chi connectivity index (χ4v) is 2.99.